The van der Waals surface area contributed by atoms with Crippen LogP contribution in [0, 0.1) is 12.7 Å². The van der Waals surface area contributed by atoms with Gasteiger partial charge in [-0.05, 0) is 42.8 Å². The number of benzene rings is 2. The number of nitrogens with zero attached hydrogens (tertiary/aromatic N) is 3. The molecule has 2 aromatic carbocycles. The summed E-state index contributed by atoms with van der Waals surface area (Å²) in [6.45, 7) is 2.03. The molecule has 2 heterocycles. The van der Waals surface area contributed by atoms with Crippen molar-refractivity contribution in [2.24, 2.45) is 0 Å². The first-order valence-corrected chi connectivity index (χ1v) is 6.30. The molecule has 0 saturated carbocycles. The van der Waals surface area contributed by atoms with Gasteiger partial charge in [0.1, 0.15) is 12.1 Å². The van der Waals surface area contributed by atoms with Crippen LogP contribution in [0.15, 0.2) is 42.7 Å². The maximum Gasteiger partial charge on any atom is 0.213 e. The summed E-state index contributed by atoms with van der Waals surface area (Å²) >= 11 is 0. The molecular formula is C15H11FN4. The van der Waals surface area contributed by atoms with Crippen molar-refractivity contribution in [2.75, 3.05) is 0 Å². The van der Waals surface area contributed by atoms with Crippen molar-refractivity contribution >= 4 is 22.1 Å². The van der Waals surface area contributed by atoms with Crippen LogP contribution in [0.2, 0.25) is 0 Å². The summed E-state index contributed by atoms with van der Waals surface area (Å²) in [6, 6.07) is 10.6. The monoisotopic (exact) mass is 266 g/mol. The van der Waals surface area contributed by atoms with E-state index in [-0.39, 0.29) is 5.82 Å². The number of hydrogen-bond acceptors (Lipinski definition) is 2. The molecule has 0 amide bonds. The van der Waals surface area contributed by atoms with Crippen LogP contribution in [0.1, 0.15) is 5.56 Å². The molecule has 4 nitrogen and oxygen atoms in total. The number of aromatic nitrogens is 4. The van der Waals surface area contributed by atoms with E-state index < -0.39 is 0 Å². The predicted molar refractivity (Wildman–Crippen MR) is 75.4 cm³/mol. The lowest BCUT2D eigenvalue weighted by molar-refractivity contribution is 0.629. The molecule has 4 aromatic rings. The maximum atomic E-state index is 13.2. The van der Waals surface area contributed by atoms with Crippen LogP contribution in [-0.2, 0) is 0 Å². The van der Waals surface area contributed by atoms with Crippen LogP contribution in [-0.4, -0.2) is 19.5 Å². The zero-order valence-corrected chi connectivity index (χ0v) is 10.8. The van der Waals surface area contributed by atoms with E-state index in [2.05, 4.69) is 21.0 Å². The topological polar surface area (TPSA) is 46.5 Å². The van der Waals surface area contributed by atoms with E-state index in [4.69, 9.17) is 0 Å². The minimum Gasteiger partial charge on any atom is -0.323 e. The molecule has 0 aliphatic rings. The lowest BCUT2D eigenvalue weighted by Crippen LogP contribution is -1.94. The van der Waals surface area contributed by atoms with Crippen molar-refractivity contribution in [3.63, 3.8) is 0 Å². The minimum absolute atomic E-state index is 0.279. The number of nitrogens with one attached hydrogen (secondary N) is 1. The first kappa shape index (κ1) is 11.2. The van der Waals surface area contributed by atoms with Gasteiger partial charge in [0.05, 0.1) is 22.1 Å². The van der Waals surface area contributed by atoms with Crippen molar-refractivity contribution in [1.82, 2.24) is 19.5 Å². The molecule has 2 aromatic heterocycles. The van der Waals surface area contributed by atoms with E-state index in [1.807, 2.05) is 23.6 Å². The first-order valence-electron chi connectivity index (χ1n) is 6.30. The average Bonchev–Trinajstić information content (AvgIpc) is 3.00. The Balaban J connectivity index is 1.98. The van der Waals surface area contributed by atoms with Gasteiger partial charge in [-0.2, -0.15) is 0 Å². The third-order valence-electron chi connectivity index (χ3n) is 3.36. The van der Waals surface area contributed by atoms with Crippen LogP contribution in [0.4, 0.5) is 4.39 Å². The highest BCUT2D eigenvalue weighted by Gasteiger charge is 2.09. The fourth-order valence-corrected chi connectivity index (χ4v) is 2.37. The van der Waals surface area contributed by atoms with Crippen LogP contribution in [0.25, 0.3) is 28.0 Å². The molecule has 98 valence electrons. The Morgan fingerprint density at radius 3 is 2.85 bits per heavy atom. The van der Waals surface area contributed by atoms with Gasteiger partial charge in [0, 0.05) is 0 Å². The molecule has 0 fully saturated rings. The second-order valence-electron chi connectivity index (χ2n) is 4.83. The molecule has 0 aliphatic heterocycles. The highest BCUT2D eigenvalue weighted by atomic mass is 19.1. The largest absolute Gasteiger partial charge is 0.323 e. The summed E-state index contributed by atoms with van der Waals surface area (Å²) in [5, 5.41) is 0. The van der Waals surface area contributed by atoms with E-state index in [0.29, 0.717) is 11.5 Å². The van der Waals surface area contributed by atoms with Gasteiger partial charge in [-0.1, -0.05) is 6.07 Å². The van der Waals surface area contributed by atoms with Gasteiger partial charge in [0.15, 0.2) is 0 Å². The highest BCUT2D eigenvalue weighted by Crippen LogP contribution is 2.20. The van der Waals surface area contributed by atoms with Crippen LogP contribution in [0.3, 0.4) is 0 Å². The van der Waals surface area contributed by atoms with Gasteiger partial charge < -0.3 is 4.98 Å². The van der Waals surface area contributed by atoms with Gasteiger partial charge in [-0.3, -0.25) is 4.57 Å². The van der Waals surface area contributed by atoms with Crippen molar-refractivity contribution in [3.8, 4) is 5.95 Å². The molecule has 0 aliphatic carbocycles. The van der Waals surface area contributed by atoms with Crippen molar-refractivity contribution in [1.29, 1.82) is 0 Å². The molecule has 0 spiro atoms. The molecule has 1 N–H and O–H groups in total. The maximum absolute atomic E-state index is 13.2. The smallest absolute Gasteiger partial charge is 0.213 e. The quantitative estimate of drug-likeness (QED) is 0.574. The van der Waals surface area contributed by atoms with Crippen molar-refractivity contribution in [3.05, 3.63) is 54.1 Å². The Bertz CT molecular complexity index is 936. The fraction of sp³-hybridized carbons (Fsp3) is 0.0667. The Labute approximate surface area is 113 Å². The fourth-order valence-electron chi connectivity index (χ4n) is 2.37. The van der Waals surface area contributed by atoms with Gasteiger partial charge in [-0.25, -0.2) is 14.4 Å². The summed E-state index contributed by atoms with van der Waals surface area (Å²) in [4.78, 5) is 12.0. The SMILES string of the molecule is Cc1ccc2ncn(-c3nc4ccc(F)cc4[nH]3)c2c1. The van der Waals surface area contributed by atoms with E-state index in [9.17, 15) is 4.39 Å². The number of rotatable bonds is 1. The van der Waals surface area contributed by atoms with Crippen LogP contribution >= 0.6 is 0 Å². The van der Waals surface area contributed by atoms with Gasteiger partial charge in [0.2, 0.25) is 5.95 Å². The lowest BCUT2D eigenvalue weighted by Gasteiger charge is -1.99. The Morgan fingerprint density at radius 1 is 1.10 bits per heavy atom. The van der Waals surface area contributed by atoms with Gasteiger partial charge >= 0.3 is 0 Å². The summed E-state index contributed by atoms with van der Waals surface area (Å²) < 4.78 is 15.1. The zero-order chi connectivity index (χ0) is 13.7. The van der Waals surface area contributed by atoms with Crippen LogP contribution in [0.5, 0.6) is 0 Å². The average molecular weight is 266 g/mol. The Kier molecular flexibility index (Phi) is 2.18. The number of aryl methyl sites for hydroxylation is 1. The molecule has 4 rings (SSSR count). The first-order chi connectivity index (χ1) is 9.70. The standard InChI is InChI=1S/C15H11FN4/c1-9-2-4-12-14(6-9)20(8-17-12)15-18-11-5-3-10(16)7-13(11)19-15/h2-8H,1H3,(H,18,19). The zero-order valence-electron chi connectivity index (χ0n) is 10.8. The Morgan fingerprint density at radius 2 is 1.95 bits per heavy atom. The molecule has 0 saturated heterocycles. The van der Waals surface area contributed by atoms with Gasteiger partial charge in [0.25, 0.3) is 0 Å². The minimum atomic E-state index is -0.279. The number of aromatic amines is 1. The molecular weight excluding hydrogens is 255 g/mol. The summed E-state index contributed by atoms with van der Waals surface area (Å²) in [5.41, 5.74) is 4.44. The number of hydrogen-bond donors (Lipinski definition) is 1. The molecule has 0 atom stereocenters. The predicted octanol–water partition coefficient (Wildman–Crippen LogP) is 3.35. The van der Waals surface area contributed by atoms with E-state index in [0.717, 1.165) is 22.1 Å². The highest BCUT2D eigenvalue weighted by molar-refractivity contribution is 5.80. The normalized spacial score (nSPS) is 11.5. The molecule has 0 bridgehead atoms. The number of H-pyrrole nitrogens is 1. The molecule has 5 heteroatoms. The third kappa shape index (κ3) is 1.60. The second kappa shape index (κ2) is 3.90. The number of halogens is 1. The molecule has 0 radical (unpaired) electrons. The van der Waals surface area contributed by atoms with Gasteiger partial charge in [-0.15, -0.1) is 0 Å². The Hall–Kier alpha value is -2.69. The van der Waals surface area contributed by atoms with Crippen molar-refractivity contribution < 1.29 is 4.39 Å². The summed E-state index contributed by atoms with van der Waals surface area (Å²) in [5.74, 6) is 0.359. The van der Waals surface area contributed by atoms with E-state index in [1.54, 1.807) is 12.4 Å². The second-order valence-corrected chi connectivity index (χ2v) is 4.83. The summed E-state index contributed by atoms with van der Waals surface area (Å²) in [7, 11) is 0. The van der Waals surface area contributed by atoms with Crippen LogP contribution < -0.4 is 0 Å². The lowest BCUT2D eigenvalue weighted by atomic mass is 10.2. The number of fused-ring (bicyclic) bond motifs is 2. The van der Waals surface area contributed by atoms with E-state index in [1.165, 1.54) is 12.1 Å². The molecule has 20 heavy (non-hydrogen) atoms. The number of imidazole rings is 2. The van der Waals surface area contributed by atoms with E-state index >= 15 is 0 Å². The molecule has 0 unspecified atom stereocenters. The summed E-state index contributed by atoms with van der Waals surface area (Å²) in [6.07, 6.45) is 1.72. The van der Waals surface area contributed by atoms with Crippen molar-refractivity contribution in [2.45, 2.75) is 6.92 Å². The third-order valence-corrected chi connectivity index (χ3v) is 3.36.